The highest BCUT2D eigenvalue weighted by Gasteiger charge is 2.25. The van der Waals surface area contributed by atoms with Crippen LogP contribution >= 0.6 is 35.5 Å². The van der Waals surface area contributed by atoms with Crippen molar-refractivity contribution in [2.45, 2.75) is 19.8 Å². The number of ether oxygens (including phenoxy) is 1. The van der Waals surface area contributed by atoms with Gasteiger partial charge in [0.2, 0.25) is 5.13 Å². The van der Waals surface area contributed by atoms with E-state index in [0.29, 0.717) is 5.92 Å². The lowest BCUT2D eigenvalue weighted by Gasteiger charge is -2.36. The molecule has 1 atom stereocenters. The summed E-state index contributed by atoms with van der Waals surface area (Å²) >= 11 is 1.51. The predicted molar refractivity (Wildman–Crippen MR) is 143 cm³/mol. The van der Waals surface area contributed by atoms with E-state index in [4.69, 9.17) is 4.74 Å². The second kappa shape index (κ2) is 11.9. The Morgan fingerprint density at radius 2 is 2.03 bits per heavy atom. The normalized spacial score (nSPS) is 19.2. The van der Waals surface area contributed by atoms with E-state index in [1.165, 1.54) is 23.6 Å². The Kier molecular flexibility index (Phi) is 9.21. The summed E-state index contributed by atoms with van der Waals surface area (Å²) in [5.41, 5.74) is 1.24. The number of nitrogens with zero attached hydrogens (tertiary/aromatic N) is 6. The summed E-state index contributed by atoms with van der Waals surface area (Å²) < 4.78 is 9.79. The lowest BCUT2D eigenvalue weighted by atomic mass is 10.1. The highest BCUT2D eigenvalue weighted by atomic mass is 127. The van der Waals surface area contributed by atoms with Crippen LogP contribution in [0.15, 0.2) is 29.3 Å². The first-order valence-corrected chi connectivity index (χ1v) is 11.9. The van der Waals surface area contributed by atoms with Crippen molar-refractivity contribution in [2.75, 3.05) is 69.8 Å². The summed E-state index contributed by atoms with van der Waals surface area (Å²) in [6.45, 7) is 8.98. The summed E-state index contributed by atoms with van der Waals surface area (Å²) in [5, 5.41) is 4.67. The van der Waals surface area contributed by atoms with Crippen LogP contribution in [0.5, 0.6) is 5.75 Å². The van der Waals surface area contributed by atoms with Crippen LogP contribution in [0, 0.1) is 5.92 Å². The molecule has 176 valence electrons. The van der Waals surface area contributed by atoms with Crippen molar-refractivity contribution in [1.82, 2.24) is 19.6 Å². The van der Waals surface area contributed by atoms with E-state index >= 15 is 0 Å². The summed E-state index contributed by atoms with van der Waals surface area (Å²) in [7, 11) is 3.60. The second-order valence-electron chi connectivity index (χ2n) is 8.05. The van der Waals surface area contributed by atoms with Gasteiger partial charge in [0.05, 0.1) is 7.11 Å². The summed E-state index contributed by atoms with van der Waals surface area (Å²) in [6, 6.07) is 8.34. The van der Waals surface area contributed by atoms with Gasteiger partial charge < -0.3 is 24.8 Å². The van der Waals surface area contributed by atoms with Gasteiger partial charge in [0.1, 0.15) is 11.6 Å². The molecule has 0 spiro atoms. The number of benzene rings is 1. The van der Waals surface area contributed by atoms with Gasteiger partial charge in [-0.3, -0.25) is 4.99 Å². The van der Waals surface area contributed by atoms with E-state index in [1.807, 2.05) is 13.1 Å². The maximum atomic E-state index is 5.37. The molecule has 3 heterocycles. The van der Waals surface area contributed by atoms with Gasteiger partial charge in [-0.05, 0) is 24.5 Å². The fraction of sp³-hybridized carbons (Fsp3) is 0.591. The minimum atomic E-state index is 0. The first-order chi connectivity index (χ1) is 15.2. The fourth-order valence-electron chi connectivity index (χ4n) is 4.24. The maximum absolute atomic E-state index is 5.37. The van der Waals surface area contributed by atoms with Crippen LogP contribution in [0.2, 0.25) is 0 Å². The van der Waals surface area contributed by atoms with Crippen molar-refractivity contribution in [3.05, 3.63) is 30.1 Å². The van der Waals surface area contributed by atoms with Crippen LogP contribution in [0.3, 0.4) is 0 Å². The van der Waals surface area contributed by atoms with Gasteiger partial charge in [-0.15, -0.1) is 24.0 Å². The molecule has 1 aromatic carbocycles. The zero-order chi connectivity index (χ0) is 21.6. The Balaban J connectivity index is 0.00000289. The van der Waals surface area contributed by atoms with Gasteiger partial charge in [-0.25, -0.2) is 4.98 Å². The van der Waals surface area contributed by atoms with Crippen molar-refractivity contribution >= 4 is 52.3 Å². The molecule has 32 heavy (non-hydrogen) atoms. The number of guanidine groups is 1. The van der Waals surface area contributed by atoms with Crippen LogP contribution < -0.4 is 19.9 Å². The number of anilines is 2. The molecule has 1 unspecified atom stereocenters. The molecule has 0 bridgehead atoms. The van der Waals surface area contributed by atoms with Crippen molar-refractivity contribution < 1.29 is 4.74 Å². The third kappa shape index (κ3) is 5.94. The predicted octanol–water partition coefficient (Wildman–Crippen LogP) is 2.95. The topological polar surface area (TPSA) is 69.1 Å². The Morgan fingerprint density at radius 1 is 1.22 bits per heavy atom. The largest absolute Gasteiger partial charge is 0.497 e. The minimum Gasteiger partial charge on any atom is -0.497 e. The maximum Gasteiger partial charge on any atom is 0.205 e. The second-order valence-corrected chi connectivity index (χ2v) is 8.78. The molecule has 0 saturated carbocycles. The molecular weight excluding hydrogens is 537 g/mol. The van der Waals surface area contributed by atoms with E-state index in [-0.39, 0.29) is 24.0 Å². The van der Waals surface area contributed by atoms with E-state index in [2.05, 4.69) is 59.5 Å². The summed E-state index contributed by atoms with van der Waals surface area (Å²) in [6.07, 6.45) is 2.08. The first-order valence-electron chi connectivity index (χ1n) is 11.1. The average Bonchev–Trinajstić information content (AvgIpc) is 3.50. The number of methoxy groups -OCH3 is 1. The third-order valence-electron chi connectivity index (χ3n) is 6.09. The number of piperazine rings is 1. The lowest BCUT2D eigenvalue weighted by Crippen LogP contribution is -2.53. The standard InChI is InChI=1S/C22H33N7OS.HI/c1-4-20-25-22(31-26-20)28-12-10-27(11-13-28)21(23-2)24-15-17-8-9-29(16-17)18-6-5-7-19(14-18)30-3;/h5-7,14,17H,4,8-13,15-16H2,1-3H3,(H,23,24);1H. The first kappa shape index (κ1) is 24.8. The fourth-order valence-corrected chi connectivity index (χ4v) is 5.04. The molecule has 0 radical (unpaired) electrons. The Morgan fingerprint density at radius 3 is 2.72 bits per heavy atom. The molecule has 1 aromatic heterocycles. The smallest absolute Gasteiger partial charge is 0.205 e. The molecule has 8 nitrogen and oxygen atoms in total. The van der Waals surface area contributed by atoms with E-state index < -0.39 is 0 Å². The van der Waals surface area contributed by atoms with Crippen molar-refractivity contribution in [2.24, 2.45) is 10.9 Å². The zero-order valence-electron chi connectivity index (χ0n) is 19.2. The molecule has 2 saturated heterocycles. The number of hydrogen-bond acceptors (Lipinski definition) is 7. The van der Waals surface area contributed by atoms with Gasteiger partial charge in [-0.1, -0.05) is 13.0 Å². The number of aromatic nitrogens is 2. The van der Waals surface area contributed by atoms with Crippen molar-refractivity contribution in [3.8, 4) is 5.75 Å². The van der Waals surface area contributed by atoms with Gasteiger partial charge in [0, 0.05) is 82.6 Å². The Hall–Kier alpha value is -1.82. The van der Waals surface area contributed by atoms with E-state index in [0.717, 1.165) is 74.9 Å². The highest BCUT2D eigenvalue weighted by molar-refractivity contribution is 14.0. The van der Waals surface area contributed by atoms with Crippen LogP contribution in [-0.2, 0) is 6.42 Å². The summed E-state index contributed by atoms with van der Waals surface area (Å²) in [4.78, 5) is 16.3. The number of hydrogen-bond donors (Lipinski definition) is 1. The van der Waals surface area contributed by atoms with Crippen molar-refractivity contribution in [3.63, 3.8) is 0 Å². The van der Waals surface area contributed by atoms with Gasteiger partial charge >= 0.3 is 0 Å². The number of nitrogens with one attached hydrogen (secondary N) is 1. The SMILES string of the molecule is CCc1nsc(N2CCN(C(=NC)NCC3CCN(c4cccc(OC)c4)C3)CC2)n1.I. The molecule has 2 aliphatic heterocycles. The average molecular weight is 572 g/mol. The van der Waals surface area contributed by atoms with Gasteiger partial charge in [0.25, 0.3) is 0 Å². The molecule has 4 rings (SSSR count). The molecular formula is C22H34IN7OS. The number of rotatable bonds is 6. The number of aryl methyl sites for hydroxylation is 1. The lowest BCUT2D eigenvalue weighted by molar-refractivity contribution is 0.369. The Labute approximate surface area is 212 Å². The Bertz CT molecular complexity index is 885. The molecule has 1 N–H and O–H groups in total. The quantitative estimate of drug-likeness (QED) is 0.325. The van der Waals surface area contributed by atoms with Gasteiger partial charge in [-0.2, -0.15) is 4.37 Å². The van der Waals surface area contributed by atoms with Crippen LogP contribution in [0.1, 0.15) is 19.2 Å². The molecule has 2 aliphatic rings. The van der Waals surface area contributed by atoms with Crippen molar-refractivity contribution in [1.29, 1.82) is 0 Å². The molecule has 0 aliphatic carbocycles. The number of aliphatic imine (C=N–C) groups is 1. The van der Waals surface area contributed by atoms with Crippen LogP contribution in [-0.4, -0.2) is 80.2 Å². The minimum absolute atomic E-state index is 0. The molecule has 2 aromatic rings. The monoisotopic (exact) mass is 571 g/mol. The zero-order valence-corrected chi connectivity index (χ0v) is 22.3. The molecule has 10 heteroatoms. The van der Waals surface area contributed by atoms with Crippen LogP contribution in [0.4, 0.5) is 10.8 Å². The molecule has 2 fully saturated rings. The highest BCUT2D eigenvalue weighted by Crippen LogP contribution is 2.26. The number of halogens is 1. The summed E-state index contributed by atoms with van der Waals surface area (Å²) in [5.74, 6) is 3.47. The van der Waals surface area contributed by atoms with E-state index in [1.54, 1.807) is 7.11 Å². The third-order valence-corrected chi connectivity index (χ3v) is 6.90. The molecule has 0 amide bonds. The van der Waals surface area contributed by atoms with Crippen LogP contribution in [0.25, 0.3) is 0 Å². The van der Waals surface area contributed by atoms with E-state index in [9.17, 15) is 0 Å². The van der Waals surface area contributed by atoms with Gasteiger partial charge in [0.15, 0.2) is 5.96 Å².